The number of hydrogen-bond donors (Lipinski definition) is 0. The maximum absolute atomic E-state index is 5.81. The molecule has 0 aliphatic heterocycles. The standard InChI is InChI=1S/C29H40N2S4/c1-6-23-11-13-24(14-12-23)19-20-27(35-29(33)31(9-4)10-5)21-25-15-17-26(18-16-25)22-34-28(32)30(7-2)8-3/h6,11-18,27H,1,7-10,19-22H2,2-5H3. The van der Waals surface area contributed by atoms with Gasteiger partial charge in [-0.25, -0.2) is 0 Å². The number of nitrogens with zero attached hydrogens (tertiary/aromatic N) is 2. The van der Waals surface area contributed by atoms with Gasteiger partial charge in [-0.1, -0.05) is 109 Å². The molecule has 0 radical (unpaired) electrons. The predicted octanol–water partition coefficient (Wildman–Crippen LogP) is 8.09. The molecule has 0 bridgehead atoms. The predicted molar refractivity (Wildman–Crippen MR) is 169 cm³/mol. The van der Waals surface area contributed by atoms with Crippen LogP contribution in [-0.4, -0.2) is 49.9 Å². The van der Waals surface area contributed by atoms with E-state index in [1.165, 1.54) is 22.3 Å². The molecule has 0 aromatic heterocycles. The Kier molecular flexibility index (Phi) is 14.0. The highest BCUT2D eigenvalue weighted by atomic mass is 32.2. The van der Waals surface area contributed by atoms with Crippen molar-refractivity contribution in [1.82, 2.24) is 9.80 Å². The lowest BCUT2D eigenvalue weighted by molar-refractivity contribution is 0.482. The molecule has 0 amide bonds. The summed E-state index contributed by atoms with van der Waals surface area (Å²) in [6.45, 7) is 16.4. The monoisotopic (exact) mass is 544 g/mol. The lowest BCUT2D eigenvalue weighted by Gasteiger charge is -2.25. The minimum Gasteiger partial charge on any atom is -0.358 e. The maximum atomic E-state index is 5.81. The van der Waals surface area contributed by atoms with E-state index in [1.807, 2.05) is 17.8 Å². The Labute approximate surface area is 232 Å². The van der Waals surface area contributed by atoms with Crippen molar-refractivity contribution in [3.05, 3.63) is 77.4 Å². The van der Waals surface area contributed by atoms with Crippen molar-refractivity contribution in [1.29, 1.82) is 0 Å². The van der Waals surface area contributed by atoms with Crippen molar-refractivity contribution >= 4 is 62.7 Å². The van der Waals surface area contributed by atoms with Gasteiger partial charge in [0.2, 0.25) is 0 Å². The molecular weight excluding hydrogens is 505 g/mol. The fourth-order valence-electron chi connectivity index (χ4n) is 3.80. The van der Waals surface area contributed by atoms with Gasteiger partial charge in [-0.2, -0.15) is 0 Å². The molecule has 0 spiro atoms. The quantitative estimate of drug-likeness (QED) is 0.233. The van der Waals surface area contributed by atoms with Crippen LogP contribution in [0.15, 0.2) is 55.1 Å². The van der Waals surface area contributed by atoms with Gasteiger partial charge < -0.3 is 9.80 Å². The largest absolute Gasteiger partial charge is 0.358 e. The van der Waals surface area contributed by atoms with E-state index < -0.39 is 0 Å². The summed E-state index contributed by atoms with van der Waals surface area (Å²) in [5.74, 6) is 0.917. The second-order valence-corrected chi connectivity index (χ2v) is 12.0. The van der Waals surface area contributed by atoms with Gasteiger partial charge in [0.15, 0.2) is 0 Å². The summed E-state index contributed by atoms with van der Waals surface area (Å²) in [5, 5.41) is 0.442. The van der Waals surface area contributed by atoms with Crippen LogP contribution in [0.25, 0.3) is 6.08 Å². The van der Waals surface area contributed by atoms with Crippen LogP contribution in [-0.2, 0) is 18.6 Å². The maximum Gasteiger partial charge on any atom is 0.136 e. The van der Waals surface area contributed by atoms with Gasteiger partial charge in [0, 0.05) is 37.2 Å². The molecule has 0 aliphatic rings. The summed E-state index contributed by atoms with van der Waals surface area (Å²) in [5.41, 5.74) is 5.22. The van der Waals surface area contributed by atoms with Gasteiger partial charge in [-0.05, 0) is 69.2 Å². The first-order valence-corrected chi connectivity index (χ1v) is 15.3. The van der Waals surface area contributed by atoms with E-state index in [0.29, 0.717) is 5.25 Å². The summed E-state index contributed by atoms with van der Waals surface area (Å²) in [4.78, 5) is 4.52. The average Bonchev–Trinajstić information content (AvgIpc) is 2.88. The SMILES string of the molecule is C=Cc1ccc(CCC(Cc2ccc(CSC(=S)N(CC)CC)cc2)SC(=S)N(CC)CC)cc1. The van der Waals surface area contributed by atoms with E-state index in [1.54, 1.807) is 11.8 Å². The lowest BCUT2D eigenvalue weighted by Crippen LogP contribution is -2.28. The van der Waals surface area contributed by atoms with Crippen molar-refractivity contribution in [2.45, 2.75) is 58.0 Å². The van der Waals surface area contributed by atoms with E-state index in [4.69, 9.17) is 24.4 Å². The lowest BCUT2D eigenvalue weighted by atomic mass is 10.0. The fraction of sp³-hybridized carbons (Fsp3) is 0.448. The fourth-order valence-corrected chi connectivity index (χ4v) is 7.03. The third-order valence-corrected chi connectivity index (χ3v) is 9.47. The van der Waals surface area contributed by atoms with E-state index in [2.05, 4.69) is 92.6 Å². The Morgan fingerprint density at radius 1 is 0.800 bits per heavy atom. The molecule has 0 N–H and O–H groups in total. The third kappa shape index (κ3) is 10.3. The van der Waals surface area contributed by atoms with E-state index in [9.17, 15) is 0 Å². The Balaban J connectivity index is 2.03. The molecular formula is C29H40N2S4. The minimum atomic E-state index is 0.442. The smallest absolute Gasteiger partial charge is 0.136 e. The van der Waals surface area contributed by atoms with Gasteiger partial charge in [0.1, 0.15) is 8.64 Å². The molecule has 1 atom stereocenters. The summed E-state index contributed by atoms with van der Waals surface area (Å²) >= 11 is 15.0. The van der Waals surface area contributed by atoms with Crippen LogP contribution in [0.5, 0.6) is 0 Å². The van der Waals surface area contributed by atoms with Crippen LogP contribution in [0.3, 0.4) is 0 Å². The van der Waals surface area contributed by atoms with Gasteiger partial charge in [-0.3, -0.25) is 0 Å². The molecule has 0 heterocycles. The molecule has 1 unspecified atom stereocenters. The Hall–Kier alpha value is -1.34. The molecule has 0 saturated carbocycles. The molecule has 2 rings (SSSR count). The van der Waals surface area contributed by atoms with Crippen LogP contribution in [0.4, 0.5) is 0 Å². The summed E-state index contributed by atoms with van der Waals surface area (Å²) in [6, 6.07) is 17.8. The number of rotatable bonds is 13. The van der Waals surface area contributed by atoms with E-state index >= 15 is 0 Å². The van der Waals surface area contributed by atoms with Crippen LogP contribution in [0.2, 0.25) is 0 Å². The zero-order valence-corrected chi connectivity index (χ0v) is 24.9. The molecule has 0 aliphatic carbocycles. The first kappa shape index (κ1) is 29.9. The van der Waals surface area contributed by atoms with Crippen LogP contribution in [0, 0.1) is 0 Å². The highest BCUT2D eigenvalue weighted by Gasteiger charge is 2.17. The van der Waals surface area contributed by atoms with Gasteiger partial charge >= 0.3 is 0 Å². The molecule has 2 aromatic carbocycles. The number of thiocarbonyl (C=S) groups is 2. The van der Waals surface area contributed by atoms with Crippen LogP contribution < -0.4 is 0 Å². The second-order valence-electron chi connectivity index (χ2n) is 8.41. The number of hydrogen-bond acceptors (Lipinski definition) is 4. The zero-order chi connectivity index (χ0) is 25.6. The second kappa shape index (κ2) is 16.4. The number of aryl methyl sites for hydroxylation is 1. The normalized spacial score (nSPS) is 11.7. The van der Waals surface area contributed by atoms with Crippen molar-refractivity contribution in [3.63, 3.8) is 0 Å². The molecule has 6 heteroatoms. The average molecular weight is 545 g/mol. The summed E-state index contributed by atoms with van der Waals surface area (Å²) in [6.07, 6.45) is 5.05. The molecule has 2 aromatic rings. The Bertz CT molecular complexity index is 917. The van der Waals surface area contributed by atoms with E-state index in [-0.39, 0.29) is 0 Å². The van der Waals surface area contributed by atoms with E-state index in [0.717, 1.165) is 59.8 Å². The minimum absolute atomic E-state index is 0.442. The van der Waals surface area contributed by atoms with Crippen molar-refractivity contribution in [2.75, 3.05) is 26.2 Å². The molecule has 190 valence electrons. The van der Waals surface area contributed by atoms with Gasteiger partial charge in [0.25, 0.3) is 0 Å². The first-order chi connectivity index (χ1) is 16.9. The summed E-state index contributed by atoms with van der Waals surface area (Å²) in [7, 11) is 0. The number of thioether (sulfide) groups is 2. The zero-order valence-electron chi connectivity index (χ0n) is 21.7. The van der Waals surface area contributed by atoms with Gasteiger partial charge in [0.05, 0.1) is 0 Å². The first-order valence-electron chi connectivity index (χ1n) is 12.6. The topological polar surface area (TPSA) is 6.48 Å². The van der Waals surface area contributed by atoms with Crippen LogP contribution in [0.1, 0.15) is 56.4 Å². The van der Waals surface area contributed by atoms with Crippen molar-refractivity contribution in [3.8, 4) is 0 Å². The van der Waals surface area contributed by atoms with Gasteiger partial charge in [-0.15, -0.1) is 0 Å². The third-order valence-electron chi connectivity index (χ3n) is 6.13. The highest BCUT2D eigenvalue weighted by molar-refractivity contribution is 8.23. The van der Waals surface area contributed by atoms with Crippen molar-refractivity contribution in [2.24, 2.45) is 0 Å². The van der Waals surface area contributed by atoms with Crippen LogP contribution >= 0.6 is 48.0 Å². The molecule has 0 saturated heterocycles. The molecule has 0 fully saturated rings. The molecule has 2 nitrogen and oxygen atoms in total. The molecule has 35 heavy (non-hydrogen) atoms. The Morgan fingerprint density at radius 2 is 1.31 bits per heavy atom. The Morgan fingerprint density at radius 3 is 1.86 bits per heavy atom. The number of benzene rings is 2. The van der Waals surface area contributed by atoms with Crippen molar-refractivity contribution < 1.29 is 0 Å². The summed E-state index contributed by atoms with van der Waals surface area (Å²) < 4.78 is 2.00. The highest BCUT2D eigenvalue weighted by Crippen LogP contribution is 2.26.